The van der Waals surface area contributed by atoms with Crippen molar-refractivity contribution < 1.29 is 4.79 Å². The van der Waals surface area contributed by atoms with Crippen LogP contribution in [-0.4, -0.2) is 22.4 Å². The number of rotatable bonds is 4. The summed E-state index contributed by atoms with van der Waals surface area (Å²) in [6.07, 6.45) is 3.77. The quantitative estimate of drug-likeness (QED) is 0.935. The molecule has 2 aromatic rings. The highest BCUT2D eigenvalue weighted by molar-refractivity contribution is 5.94. The van der Waals surface area contributed by atoms with E-state index in [4.69, 9.17) is 0 Å². The molecular weight excluding hydrogens is 262 g/mol. The summed E-state index contributed by atoms with van der Waals surface area (Å²) < 4.78 is 0. The van der Waals surface area contributed by atoms with Crippen LogP contribution in [0.1, 0.15) is 39.6 Å². The maximum Gasteiger partial charge on any atom is 0.270 e. The fourth-order valence-corrected chi connectivity index (χ4v) is 2.79. The first-order valence-electron chi connectivity index (χ1n) is 7.42. The predicted molar refractivity (Wildman–Crippen MR) is 81.3 cm³/mol. The van der Waals surface area contributed by atoms with Gasteiger partial charge in [-0.2, -0.15) is 0 Å². The summed E-state index contributed by atoms with van der Waals surface area (Å²) in [7, 11) is 0. The molecule has 1 aliphatic carbocycles. The van der Waals surface area contributed by atoms with Crippen LogP contribution in [0, 0.1) is 6.92 Å². The fourth-order valence-electron chi connectivity index (χ4n) is 2.79. The van der Waals surface area contributed by atoms with Crippen LogP contribution in [0.5, 0.6) is 0 Å². The molecule has 1 aromatic heterocycles. The molecule has 1 N–H and O–H groups in total. The van der Waals surface area contributed by atoms with E-state index in [9.17, 15) is 4.79 Å². The second-order valence-electron chi connectivity index (χ2n) is 5.39. The molecule has 108 valence electrons. The molecule has 0 unspecified atom stereocenters. The summed E-state index contributed by atoms with van der Waals surface area (Å²) >= 11 is 0. The second kappa shape index (κ2) is 6.04. The normalized spacial score (nSPS) is 13.0. The van der Waals surface area contributed by atoms with Crippen LogP contribution in [0.15, 0.2) is 30.3 Å². The minimum atomic E-state index is -0.0745. The number of carbonyl (C=O) groups is 1. The molecule has 0 aliphatic heterocycles. The Morgan fingerprint density at radius 2 is 2.00 bits per heavy atom. The van der Waals surface area contributed by atoms with Crippen molar-refractivity contribution in [2.75, 3.05) is 6.54 Å². The van der Waals surface area contributed by atoms with Gasteiger partial charge in [-0.25, -0.2) is 9.97 Å². The van der Waals surface area contributed by atoms with Gasteiger partial charge in [0, 0.05) is 17.8 Å². The molecule has 0 radical (unpaired) electrons. The summed E-state index contributed by atoms with van der Waals surface area (Å²) in [5.74, 6) is 0.610. The zero-order chi connectivity index (χ0) is 14.7. The first-order chi connectivity index (χ1) is 10.2. The molecular formula is C17H19N3O. The van der Waals surface area contributed by atoms with Gasteiger partial charge in [0.15, 0.2) is 0 Å². The highest BCUT2D eigenvalue weighted by Gasteiger charge is 2.22. The van der Waals surface area contributed by atoms with Gasteiger partial charge < -0.3 is 5.32 Å². The van der Waals surface area contributed by atoms with E-state index in [0.29, 0.717) is 18.1 Å². The van der Waals surface area contributed by atoms with E-state index in [1.54, 1.807) is 0 Å². The van der Waals surface area contributed by atoms with Gasteiger partial charge >= 0.3 is 0 Å². The number of fused-ring (bicyclic) bond motifs is 1. The highest BCUT2D eigenvalue weighted by Crippen LogP contribution is 2.22. The lowest BCUT2D eigenvalue weighted by Gasteiger charge is -2.09. The van der Waals surface area contributed by atoms with Gasteiger partial charge in [0.2, 0.25) is 0 Å². The lowest BCUT2D eigenvalue weighted by Crippen LogP contribution is -2.28. The molecule has 1 aromatic carbocycles. The Labute approximate surface area is 124 Å². The molecule has 0 saturated heterocycles. The van der Waals surface area contributed by atoms with E-state index in [1.807, 2.05) is 25.1 Å². The summed E-state index contributed by atoms with van der Waals surface area (Å²) in [6.45, 7) is 2.47. The lowest BCUT2D eigenvalue weighted by molar-refractivity contribution is 0.0947. The average molecular weight is 281 g/mol. The van der Waals surface area contributed by atoms with Gasteiger partial charge in [-0.3, -0.25) is 4.79 Å². The SMILES string of the molecule is Cc1nc2c(c(C(=O)NCCc3ccccc3)n1)CCC2. The van der Waals surface area contributed by atoms with Crippen molar-refractivity contribution in [3.63, 3.8) is 0 Å². The molecule has 0 atom stereocenters. The largest absolute Gasteiger partial charge is 0.350 e. The smallest absolute Gasteiger partial charge is 0.270 e. The van der Waals surface area contributed by atoms with Gasteiger partial charge in [0.05, 0.1) is 0 Å². The van der Waals surface area contributed by atoms with Gasteiger partial charge in [0.1, 0.15) is 11.5 Å². The minimum Gasteiger partial charge on any atom is -0.350 e. The number of carbonyl (C=O) groups excluding carboxylic acids is 1. The Balaban J connectivity index is 1.66. The Morgan fingerprint density at radius 3 is 2.81 bits per heavy atom. The van der Waals surface area contributed by atoms with E-state index < -0.39 is 0 Å². The van der Waals surface area contributed by atoms with Crippen LogP contribution < -0.4 is 5.32 Å². The molecule has 21 heavy (non-hydrogen) atoms. The van der Waals surface area contributed by atoms with Crippen LogP contribution in [0.3, 0.4) is 0 Å². The van der Waals surface area contributed by atoms with E-state index >= 15 is 0 Å². The number of hydrogen-bond donors (Lipinski definition) is 1. The maximum absolute atomic E-state index is 12.3. The first kappa shape index (κ1) is 13.7. The van der Waals surface area contributed by atoms with E-state index in [-0.39, 0.29) is 5.91 Å². The fraction of sp³-hybridized carbons (Fsp3) is 0.353. The van der Waals surface area contributed by atoms with Crippen molar-refractivity contribution in [2.24, 2.45) is 0 Å². The molecule has 4 nitrogen and oxygen atoms in total. The number of nitrogens with zero attached hydrogens (tertiary/aromatic N) is 2. The Bertz CT molecular complexity index is 653. The standard InChI is InChI=1S/C17H19N3O/c1-12-19-15-9-5-8-14(15)16(20-12)17(21)18-11-10-13-6-3-2-4-7-13/h2-4,6-7H,5,8-11H2,1H3,(H,18,21). The summed E-state index contributed by atoms with van der Waals surface area (Å²) in [5, 5.41) is 2.98. The van der Waals surface area contributed by atoms with Gasteiger partial charge in [-0.05, 0) is 38.2 Å². The zero-order valence-corrected chi connectivity index (χ0v) is 12.2. The third kappa shape index (κ3) is 3.10. The molecule has 1 heterocycles. The van der Waals surface area contributed by atoms with Crippen LogP contribution >= 0.6 is 0 Å². The van der Waals surface area contributed by atoms with Gasteiger partial charge in [-0.15, -0.1) is 0 Å². The molecule has 3 rings (SSSR count). The molecule has 0 spiro atoms. The van der Waals surface area contributed by atoms with Crippen molar-refractivity contribution >= 4 is 5.91 Å². The van der Waals surface area contributed by atoms with Gasteiger partial charge in [0.25, 0.3) is 5.91 Å². The monoisotopic (exact) mass is 281 g/mol. The zero-order valence-electron chi connectivity index (χ0n) is 12.2. The van der Waals surface area contributed by atoms with Crippen LogP contribution in [0.25, 0.3) is 0 Å². The minimum absolute atomic E-state index is 0.0745. The van der Waals surface area contributed by atoms with Crippen LogP contribution in [0.4, 0.5) is 0 Å². The highest BCUT2D eigenvalue weighted by atomic mass is 16.1. The Hall–Kier alpha value is -2.23. The number of amides is 1. The molecule has 0 bridgehead atoms. The lowest BCUT2D eigenvalue weighted by atomic mass is 10.1. The van der Waals surface area contributed by atoms with Crippen molar-refractivity contribution in [1.29, 1.82) is 0 Å². The number of hydrogen-bond acceptors (Lipinski definition) is 3. The maximum atomic E-state index is 12.3. The van der Waals surface area contributed by atoms with E-state index in [1.165, 1.54) is 5.56 Å². The first-order valence-corrected chi connectivity index (χ1v) is 7.42. The molecule has 1 aliphatic rings. The number of aromatic nitrogens is 2. The Morgan fingerprint density at radius 1 is 1.19 bits per heavy atom. The van der Waals surface area contributed by atoms with E-state index in [2.05, 4.69) is 27.4 Å². The molecule has 0 fully saturated rings. The third-order valence-electron chi connectivity index (χ3n) is 3.80. The number of benzene rings is 1. The predicted octanol–water partition coefficient (Wildman–Crippen LogP) is 2.25. The van der Waals surface area contributed by atoms with Crippen molar-refractivity contribution in [1.82, 2.24) is 15.3 Å². The molecule has 1 amide bonds. The van der Waals surface area contributed by atoms with Crippen LogP contribution in [0.2, 0.25) is 0 Å². The third-order valence-corrected chi connectivity index (χ3v) is 3.80. The average Bonchev–Trinajstić information content (AvgIpc) is 2.95. The Kier molecular flexibility index (Phi) is 3.95. The van der Waals surface area contributed by atoms with Crippen molar-refractivity contribution in [3.05, 3.63) is 58.7 Å². The molecule has 4 heteroatoms. The number of aryl methyl sites for hydroxylation is 2. The second-order valence-corrected chi connectivity index (χ2v) is 5.39. The van der Waals surface area contributed by atoms with Crippen molar-refractivity contribution in [3.8, 4) is 0 Å². The summed E-state index contributed by atoms with van der Waals surface area (Å²) in [5.41, 5.74) is 3.89. The van der Waals surface area contributed by atoms with Crippen molar-refractivity contribution in [2.45, 2.75) is 32.6 Å². The van der Waals surface area contributed by atoms with E-state index in [0.717, 1.165) is 36.9 Å². The molecule has 0 saturated carbocycles. The summed E-state index contributed by atoms with van der Waals surface area (Å²) in [6, 6.07) is 10.2. The number of nitrogens with one attached hydrogen (secondary N) is 1. The summed E-state index contributed by atoms with van der Waals surface area (Å²) in [4.78, 5) is 21.1. The van der Waals surface area contributed by atoms with Crippen LogP contribution in [-0.2, 0) is 19.3 Å². The topological polar surface area (TPSA) is 54.9 Å². The van der Waals surface area contributed by atoms with Gasteiger partial charge in [-0.1, -0.05) is 30.3 Å².